The quantitative estimate of drug-likeness (QED) is 0.233. The standard InChI is InChI=1S/C35H27N/c1-35(2,3)27-14-8-22(9-15-27)28-16-10-23-13-19-31-29(17-11-24-12-18-30(28)33(23)34(24)31)26-20-25-6-4-5-7-32(25)36-21-26/h4-21H,1-3H3. The third kappa shape index (κ3) is 3.20. The van der Waals surface area contributed by atoms with Gasteiger partial charge in [-0.05, 0) is 72.1 Å². The van der Waals surface area contributed by atoms with Crippen LogP contribution >= 0.6 is 0 Å². The molecule has 0 bridgehead atoms. The van der Waals surface area contributed by atoms with Gasteiger partial charge in [-0.25, -0.2) is 0 Å². The van der Waals surface area contributed by atoms with Crippen LogP contribution in [0.25, 0.3) is 65.5 Å². The molecule has 0 saturated heterocycles. The number of hydrogen-bond acceptors (Lipinski definition) is 1. The smallest absolute Gasteiger partial charge is 0.0702 e. The fraction of sp³-hybridized carbons (Fsp3) is 0.114. The second-order valence-electron chi connectivity index (χ2n) is 10.9. The van der Waals surface area contributed by atoms with Gasteiger partial charge in [-0.15, -0.1) is 0 Å². The van der Waals surface area contributed by atoms with E-state index < -0.39 is 0 Å². The van der Waals surface area contributed by atoms with Crippen LogP contribution in [0.5, 0.6) is 0 Å². The molecule has 7 aromatic rings. The summed E-state index contributed by atoms with van der Waals surface area (Å²) in [4.78, 5) is 4.74. The lowest BCUT2D eigenvalue weighted by Gasteiger charge is -2.20. The number of nitrogens with zero attached hydrogens (tertiary/aromatic N) is 1. The minimum Gasteiger partial charge on any atom is -0.256 e. The molecule has 0 N–H and O–H groups in total. The minimum atomic E-state index is 0.148. The SMILES string of the molecule is CC(C)(C)c1ccc(-c2ccc3ccc4c(-c5cnc6ccccc6c5)ccc5ccc2c3c54)cc1. The molecule has 172 valence electrons. The van der Waals surface area contributed by atoms with Crippen LogP contribution in [0.4, 0.5) is 0 Å². The van der Waals surface area contributed by atoms with E-state index in [1.165, 1.54) is 60.0 Å². The molecule has 0 aliphatic rings. The van der Waals surface area contributed by atoms with E-state index in [1.54, 1.807) is 0 Å². The molecule has 0 amide bonds. The Morgan fingerprint density at radius 1 is 0.528 bits per heavy atom. The van der Waals surface area contributed by atoms with E-state index in [0.29, 0.717) is 0 Å². The lowest BCUT2D eigenvalue weighted by atomic mass is 9.85. The first-order chi connectivity index (χ1) is 17.5. The van der Waals surface area contributed by atoms with Gasteiger partial charge in [0, 0.05) is 17.1 Å². The first-order valence-electron chi connectivity index (χ1n) is 12.6. The third-order valence-corrected chi connectivity index (χ3v) is 7.63. The minimum absolute atomic E-state index is 0.148. The Bertz CT molecular complexity index is 1900. The molecule has 1 heteroatoms. The van der Waals surface area contributed by atoms with Crippen LogP contribution in [-0.4, -0.2) is 4.98 Å². The average Bonchev–Trinajstić information content (AvgIpc) is 2.91. The highest BCUT2D eigenvalue weighted by Gasteiger charge is 2.16. The van der Waals surface area contributed by atoms with Gasteiger partial charge in [-0.1, -0.05) is 112 Å². The maximum Gasteiger partial charge on any atom is 0.0702 e. The molecular weight excluding hydrogens is 434 g/mol. The van der Waals surface area contributed by atoms with Crippen molar-refractivity contribution in [3.8, 4) is 22.3 Å². The molecular formula is C35H27N. The van der Waals surface area contributed by atoms with E-state index in [0.717, 1.165) is 11.1 Å². The van der Waals surface area contributed by atoms with Gasteiger partial charge in [0.05, 0.1) is 5.52 Å². The van der Waals surface area contributed by atoms with Crippen LogP contribution in [-0.2, 0) is 5.41 Å². The van der Waals surface area contributed by atoms with Gasteiger partial charge in [-0.3, -0.25) is 4.98 Å². The highest BCUT2D eigenvalue weighted by molar-refractivity contribution is 6.27. The number of aromatic nitrogens is 1. The van der Waals surface area contributed by atoms with E-state index in [9.17, 15) is 0 Å². The topological polar surface area (TPSA) is 12.9 Å². The molecule has 1 nitrogen and oxygen atoms in total. The molecule has 36 heavy (non-hydrogen) atoms. The van der Waals surface area contributed by atoms with Crippen molar-refractivity contribution in [1.29, 1.82) is 0 Å². The van der Waals surface area contributed by atoms with E-state index in [-0.39, 0.29) is 5.41 Å². The van der Waals surface area contributed by atoms with Crippen molar-refractivity contribution in [3.63, 3.8) is 0 Å². The summed E-state index contributed by atoms with van der Waals surface area (Å²) in [6, 6.07) is 37.9. The summed E-state index contributed by atoms with van der Waals surface area (Å²) in [6.45, 7) is 6.79. The Morgan fingerprint density at radius 2 is 1.11 bits per heavy atom. The van der Waals surface area contributed by atoms with Gasteiger partial charge in [0.25, 0.3) is 0 Å². The lowest BCUT2D eigenvalue weighted by molar-refractivity contribution is 0.590. The summed E-state index contributed by atoms with van der Waals surface area (Å²) in [5.74, 6) is 0. The van der Waals surface area contributed by atoms with Crippen molar-refractivity contribution in [2.24, 2.45) is 0 Å². The fourth-order valence-corrected chi connectivity index (χ4v) is 5.67. The predicted octanol–water partition coefficient (Wildman–Crippen LogP) is 9.76. The van der Waals surface area contributed by atoms with Gasteiger partial charge in [-0.2, -0.15) is 0 Å². The van der Waals surface area contributed by atoms with Crippen LogP contribution in [0.2, 0.25) is 0 Å². The molecule has 0 aliphatic heterocycles. The van der Waals surface area contributed by atoms with Crippen molar-refractivity contribution in [2.75, 3.05) is 0 Å². The first-order valence-corrected chi connectivity index (χ1v) is 12.6. The zero-order chi connectivity index (χ0) is 24.4. The highest BCUT2D eigenvalue weighted by atomic mass is 14.6. The van der Waals surface area contributed by atoms with Crippen LogP contribution in [0.15, 0.2) is 109 Å². The van der Waals surface area contributed by atoms with Crippen LogP contribution in [0.3, 0.4) is 0 Å². The van der Waals surface area contributed by atoms with Crippen molar-refractivity contribution >= 4 is 43.2 Å². The molecule has 0 fully saturated rings. The molecule has 7 rings (SSSR count). The number of pyridine rings is 1. The Kier molecular flexibility index (Phi) is 4.47. The van der Waals surface area contributed by atoms with Gasteiger partial charge < -0.3 is 0 Å². The maximum absolute atomic E-state index is 4.74. The van der Waals surface area contributed by atoms with Gasteiger partial charge in [0.15, 0.2) is 0 Å². The number of para-hydroxylation sites is 1. The second kappa shape index (κ2) is 7.63. The predicted molar refractivity (Wildman–Crippen MR) is 155 cm³/mol. The summed E-state index contributed by atoms with van der Waals surface area (Å²) in [5, 5.41) is 9.00. The molecule has 0 spiro atoms. The van der Waals surface area contributed by atoms with Crippen molar-refractivity contribution in [3.05, 3.63) is 115 Å². The summed E-state index contributed by atoms with van der Waals surface area (Å²) < 4.78 is 0. The van der Waals surface area contributed by atoms with E-state index in [2.05, 4.69) is 118 Å². The van der Waals surface area contributed by atoms with Crippen molar-refractivity contribution < 1.29 is 0 Å². The lowest BCUT2D eigenvalue weighted by Crippen LogP contribution is -2.10. The molecule has 0 unspecified atom stereocenters. The summed E-state index contributed by atoms with van der Waals surface area (Å²) in [7, 11) is 0. The Labute approximate surface area is 211 Å². The summed E-state index contributed by atoms with van der Waals surface area (Å²) in [6.07, 6.45) is 2.01. The molecule has 1 heterocycles. The van der Waals surface area contributed by atoms with Crippen LogP contribution < -0.4 is 0 Å². The molecule has 0 radical (unpaired) electrons. The Hall–Kier alpha value is -4.23. The zero-order valence-electron chi connectivity index (χ0n) is 20.8. The van der Waals surface area contributed by atoms with Gasteiger partial charge in [0.1, 0.15) is 0 Å². The largest absolute Gasteiger partial charge is 0.256 e. The van der Waals surface area contributed by atoms with Gasteiger partial charge in [0.2, 0.25) is 0 Å². The molecule has 1 aromatic heterocycles. The summed E-state index contributed by atoms with van der Waals surface area (Å²) >= 11 is 0. The monoisotopic (exact) mass is 461 g/mol. The Balaban J connectivity index is 1.48. The fourth-order valence-electron chi connectivity index (χ4n) is 5.67. The van der Waals surface area contributed by atoms with Crippen molar-refractivity contribution in [2.45, 2.75) is 26.2 Å². The molecule has 6 aromatic carbocycles. The second-order valence-corrected chi connectivity index (χ2v) is 10.9. The molecule has 0 aliphatic carbocycles. The Morgan fingerprint density at radius 3 is 1.75 bits per heavy atom. The van der Waals surface area contributed by atoms with Crippen LogP contribution in [0, 0.1) is 0 Å². The number of hydrogen-bond donors (Lipinski definition) is 0. The average molecular weight is 462 g/mol. The van der Waals surface area contributed by atoms with Crippen molar-refractivity contribution in [1.82, 2.24) is 4.98 Å². The van der Waals surface area contributed by atoms with E-state index in [1.807, 2.05) is 12.3 Å². The van der Waals surface area contributed by atoms with Crippen LogP contribution in [0.1, 0.15) is 26.3 Å². The molecule has 0 saturated carbocycles. The number of benzene rings is 6. The normalized spacial score (nSPS) is 12.3. The zero-order valence-corrected chi connectivity index (χ0v) is 20.8. The third-order valence-electron chi connectivity index (χ3n) is 7.63. The first kappa shape index (κ1) is 21.1. The maximum atomic E-state index is 4.74. The van der Waals surface area contributed by atoms with E-state index >= 15 is 0 Å². The van der Waals surface area contributed by atoms with E-state index in [4.69, 9.17) is 4.98 Å². The summed E-state index contributed by atoms with van der Waals surface area (Å²) in [5.41, 5.74) is 7.48. The van der Waals surface area contributed by atoms with Gasteiger partial charge >= 0.3 is 0 Å². The number of fused-ring (bicyclic) bond motifs is 1. The number of rotatable bonds is 2. The highest BCUT2D eigenvalue weighted by Crippen LogP contribution is 2.42. The molecule has 0 atom stereocenters.